The molecule has 1 spiro atoms. The molecule has 2 fully saturated rings. The van der Waals surface area contributed by atoms with Gasteiger partial charge in [-0.25, -0.2) is 4.79 Å². The Bertz CT molecular complexity index is 1290. The van der Waals surface area contributed by atoms with Crippen LogP contribution >= 0.6 is 11.3 Å². The standard InChI is InChI=1S/C35H47NO2S/c1-3-5-22-36(23-6-4-2)29-14-13-28-24-31(34(37)38-32(28)25-29)33-17-16-30(39-33)15-12-27-18-21-35(26-27)19-10-8-7-9-11-20-35/h12-17,24-25,27H,3-11,18-23,26H2,1-2H3/b15-12+. The molecular weight excluding hydrogens is 498 g/mol. The summed E-state index contributed by atoms with van der Waals surface area (Å²) >= 11 is 1.70. The van der Waals surface area contributed by atoms with Crippen molar-refractivity contribution >= 4 is 34.1 Å². The number of anilines is 1. The molecule has 3 nitrogen and oxygen atoms in total. The minimum atomic E-state index is -0.243. The summed E-state index contributed by atoms with van der Waals surface area (Å²) in [4.78, 5) is 17.7. The first-order valence-electron chi connectivity index (χ1n) is 15.7. The third kappa shape index (κ3) is 7.06. The number of nitrogens with zero attached hydrogens (tertiary/aromatic N) is 1. The molecule has 0 aliphatic heterocycles. The zero-order chi connectivity index (χ0) is 27.1. The fourth-order valence-electron chi connectivity index (χ4n) is 6.88. The average Bonchev–Trinajstić information content (AvgIpc) is 3.57. The van der Waals surface area contributed by atoms with E-state index in [4.69, 9.17) is 4.42 Å². The molecule has 0 bridgehead atoms. The van der Waals surface area contributed by atoms with Crippen LogP contribution in [0, 0.1) is 11.3 Å². The smallest absolute Gasteiger partial charge is 0.345 e. The highest BCUT2D eigenvalue weighted by atomic mass is 32.1. The predicted octanol–water partition coefficient (Wildman–Crippen LogP) is 10.5. The first kappa shape index (κ1) is 28.2. The molecule has 0 radical (unpaired) electrons. The first-order chi connectivity index (χ1) is 19.1. The van der Waals surface area contributed by atoms with Crippen LogP contribution in [0.3, 0.4) is 0 Å². The third-order valence-electron chi connectivity index (χ3n) is 9.23. The van der Waals surface area contributed by atoms with Gasteiger partial charge in [-0.1, -0.05) is 64.9 Å². The molecular formula is C35H47NO2S. The fraction of sp³-hybridized carbons (Fsp3) is 0.571. The van der Waals surface area contributed by atoms with Crippen molar-refractivity contribution in [2.75, 3.05) is 18.0 Å². The highest BCUT2D eigenvalue weighted by Gasteiger charge is 2.37. The van der Waals surface area contributed by atoms with Gasteiger partial charge in [0.1, 0.15) is 5.58 Å². The molecule has 2 heterocycles. The van der Waals surface area contributed by atoms with Crippen LogP contribution in [-0.2, 0) is 0 Å². The van der Waals surface area contributed by atoms with Crippen LogP contribution in [0.25, 0.3) is 27.5 Å². The highest BCUT2D eigenvalue weighted by molar-refractivity contribution is 7.16. The summed E-state index contributed by atoms with van der Waals surface area (Å²) in [5.41, 5.74) is 2.87. The van der Waals surface area contributed by atoms with E-state index >= 15 is 0 Å². The Morgan fingerprint density at radius 1 is 0.949 bits per heavy atom. The number of hydrogen-bond donors (Lipinski definition) is 0. The van der Waals surface area contributed by atoms with Crippen LogP contribution in [0.1, 0.15) is 109 Å². The summed E-state index contributed by atoms with van der Waals surface area (Å²) in [6.45, 7) is 6.54. The van der Waals surface area contributed by atoms with Crippen molar-refractivity contribution in [3.63, 3.8) is 0 Å². The van der Waals surface area contributed by atoms with Crippen LogP contribution < -0.4 is 10.5 Å². The van der Waals surface area contributed by atoms with Crippen molar-refractivity contribution in [2.45, 2.75) is 104 Å². The van der Waals surface area contributed by atoms with Crippen LogP contribution in [0.15, 0.2) is 51.7 Å². The van der Waals surface area contributed by atoms with E-state index in [0.717, 1.165) is 29.0 Å². The Balaban J connectivity index is 1.29. The zero-order valence-corrected chi connectivity index (χ0v) is 25.0. The van der Waals surface area contributed by atoms with Gasteiger partial charge in [0.25, 0.3) is 0 Å². The molecule has 0 N–H and O–H groups in total. The van der Waals surface area contributed by atoms with E-state index in [1.807, 2.05) is 6.07 Å². The molecule has 210 valence electrons. The number of benzene rings is 1. The molecule has 5 rings (SSSR count). The van der Waals surface area contributed by atoms with E-state index in [1.54, 1.807) is 11.3 Å². The molecule has 0 saturated heterocycles. The lowest BCUT2D eigenvalue weighted by atomic mass is 9.74. The summed E-state index contributed by atoms with van der Waals surface area (Å²) in [7, 11) is 0. The second kappa shape index (κ2) is 13.4. The van der Waals surface area contributed by atoms with Crippen molar-refractivity contribution in [1.82, 2.24) is 0 Å². The summed E-state index contributed by atoms with van der Waals surface area (Å²) < 4.78 is 5.89. The highest BCUT2D eigenvalue weighted by Crippen LogP contribution is 2.50. The maximum Gasteiger partial charge on any atom is 0.345 e. The van der Waals surface area contributed by atoms with Crippen LogP contribution in [0.2, 0.25) is 0 Å². The lowest BCUT2D eigenvalue weighted by molar-refractivity contribution is 0.212. The Labute approximate surface area is 239 Å². The van der Waals surface area contributed by atoms with Gasteiger partial charge < -0.3 is 9.32 Å². The zero-order valence-electron chi connectivity index (χ0n) is 24.2. The van der Waals surface area contributed by atoms with E-state index in [-0.39, 0.29) is 5.63 Å². The molecule has 4 heteroatoms. The van der Waals surface area contributed by atoms with Gasteiger partial charge in [0.2, 0.25) is 0 Å². The molecule has 2 aromatic heterocycles. The van der Waals surface area contributed by atoms with Gasteiger partial charge in [-0.15, -0.1) is 11.3 Å². The molecule has 3 aromatic rings. The number of rotatable bonds is 10. The minimum Gasteiger partial charge on any atom is -0.422 e. The molecule has 2 saturated carbocycles. The van der Waals surface area contributed by atoms with Gasteiger partial charge in [0.15, 0.2) is 0 Å². The number of unbranched alkanes of at least 4 members (excludes halogenated alkanes) is 2. The van der Waals surface area contributed by atoms with E-state index in [2.05, 4.69) is 61.2 Å². The third-order valence-corrected chi connectivity index (χ3v) is 10.3. The van der Waals surface area contributed by atoms with Gasteiger partial charge in [0.05, 0.1) is 5.56 Å². The first-order valence-corrected chi connectivity index (χ1v) is 16.5. The number of fused-ring (bicyclic) bond motifs is 1. The van der Waals surface area contributed by atoms with Gasteiger partial charge in [-0.3, -0.25) is 0 Å². The Morgan fingerprint density at radius 3 is 2.44 bits per heavy atom. The van der Waals surface area contributed by atoms with Gasteiger partial charge in [-0.05, 0) is 92.7 Å². The lowest BCUT2D eigenvalue weighted by Gasteiger charge is -2.31. The Morgan fingerprint density at radius 2 is 1.69 bits per heavy atom. The molecule has 1 atom stereocenters. The summed E-state index contributed by atoms with van der Waals surface area (Å²) in [6.07, 6.45) is 23.6. The van der Waals surface area contributed by atoms with Gasteiger partial charge in [-0.2, -0.15) is 0 Å². The minimum absolute atomic E-state index is 0.243. The molecule has 1 aromatic carbocycles. The Kier molecular flexibility index (Phi) is 9.66. The normalized spacial score (nSPS) is 19.6. The topological polar surface area (TPSA) is 33.5 Å². The molecule has 39 heavy (non-hydrogen) atoms. The monoisotopic (exact) mass is 545 g/mol. The summed E-state index contributed by atoms with van der Waals surface area (Å²) in [5, 5.41) is 0.986. The molecule has 0 amide bonds. The summed E-state index contributed by atoms with van der Waals surface area (Å²) in [6, 6.07) is 12.6. The Hall–Kier alpha value is -2.33. The summed E-state index contributed by atoms with van der Waals surface area (Å²) in [5.74, 6) is 0.698. The van der Waals surface area contributed by atoms with E-state index in [1.165, 1.54) is 94.8 Å². The average molecular weight is 546 g/mol. The molecule has 2 aliphatic carbocycles. The second-order valence-corrected chi connectivity index (χ2v) is 13.3. The lowest BCUT2D eigenvalue weighted by Crippen LogP contribution is -2.25. The van der Waals surface area contributed by atoms with Crippen LogP contribution in [0.4, 0.5) is 5.69 Å². The maximum absolute atomic E-state index is 13.1. The number of thiophene rings is 1. The number of hydrogen-bond acceptors (Lipinski definition) is 4. The second-order valence-electron chi connectivity index (χ2n) is 12.2. The van der Waals surface area contributed by atoms with Gasteiger partial charge in [0, 0.05) is 40.0 Å². The van der Waals surface area contributed by atoms with E-state index < -0.39 is 0 Å². The fourth-order valence-corrected chi connectivity index (χ4v) is 7.80. The van der Waals surface area contributed by atoms with Crippen LogP contribution in [0.5, 0.6) is 0 Å². The van der Waals surface area contributed by atoms with Crippen molar-refractivity contribution in [1.29, 1.82) is 0 Å². The van der Waals surface area contributed by atoms with Crippen molar-refractivity contribution in [2.24, 2.45) is 11.3 Å². The van der Waals surface area contributed by atoms with Crippen molar-refractivity contribution < 1.29 is 4.42 Å². The molecule has 2 aliphatic rings. The van der Waals surface area contributed by atoms with Gasteiger partial charge >= 0.3 is 5.63 Å². The van der Waals surface area contributed by atoms with Crippen molar-refractivity contribution in [3.05, 3.63) is 57.8 Å². The van der Waals surface area contributed by atoms with E-state index in [9.17, 15) is 4.79 Å². The SMILES string of the molecule is CCCCN(CCCC)c1ccc2cc(-c3ccc(/C=C/C4CCC5(CCCCCCC5)C4)s3)c(=O)oc2c1. The van der Waals surface area contributed by atoms with Crippen molar-refractivity contribution in [3.8, 4) is 10.4 Å². The quantitative estimate of drug-likeness (QED) is 0.238. The predicted molar refractivity (Wildman–Crippen MR) is 169 cm³/mol. The van der Waals surface area contributed by atoms with E-state index in [0.29, 0.717) is 22.5 Å². The maximum atomic E-state index is 13.1. The molecule has 1 unspecified atom stereocenters. The number of allylic oxidation sites excluding steroid dienone is 1. The van der Waals surface area contributed by atoms with Crippen LogP contribution in [-0.4, -0.2) is 13.1 Å². The largest absolute Gasteiger partial charge is 0.422 e.